The van der Waals surface area contributed by atoms with Gasteiger partial charge in [-0.2, -0.15) is 0 Å². The van der Waals surface area contributed by atoms with Gasteiger partial charge in [-0.15, -0.1) is 11.8 Å². The summed E-state index contributed by atoms with van der Waals surface area (Å²) in [5.41, 5.74) is 3.05. The van der Waals surface area contributed by atoms with E-state index in [-0.39, 0.29) is 5.78 Å². The highest BCUT2D eigenvalue weighted by atomic mass is 32.2. The molecule has 2 nitrogen and oxygen atoms in total. The van der Waals surface area contributed by atoms with Crippen LogP contribution in [0, 0.1) is 0 Å². The van der Waals surface area contributed by atoms with Gasteiger partial charge in [-0.3, -0.25) is 9.78 Å². The van der Waals surface area contributed by atoms with Crippen LogP contribution in [-0.4, -0.2) is 10.8 Å². The van der Waals surface area contributed by atoms with Crippen molar-refractivity contribution in [2.45, 2.75) is 17.6 Å². The summed E-state index contributed by atoms with van der Waals surface area (Å²) in [5, 5.41) is 1.17. The second-order valence-corrected chi connectivity index (χ2v) is 5.91. The third kappa shape index (κ3) is 3.14. The fourth-order valence-electron chi connectivity index (χ4n) is 2.23. The SMILES string of the molecule is CC(=O)c1ccc(SCc2cccc3cccnc23)cc1. The van der Waals surface area contributed by atoms with Gasteiger partial charge in [-0.1, -0.05) is 36.4 Å². The largest absolute Gasteiger partial charge is 0.295 e. The van der Waals surface area contributed by atoms with E-state index in [1.165, 1.54) is 10.9 Å². The number of aromatic nitrogens is 1. The maximum Gasteiger partial charge on any atom is 0.159 e. The number of pyridine rings is 1. The predicted molar refractivity (Wildman–Crippen MR) is 87.8 cm³/mol. The number of fused-ring (bicyclic) bond motifs is 1. The van der Waals surface area contributed by atoms with Crippen LogP contribution in [0.3, 0.4) is 0 Å². The van der Waals surface area contributed by atoms with Crippen LogP contribution in [-0.2, 0) is 5.75 Å². The molecule has 0 atom stereocenters. The van der Waals surface area contributed by atoms with Gasteiger partial charge in [0, 0.05) is 27.8 Å². The molecule has 3 rings (SSSR count). The molecule has 0 amide bonds. The first-order chi connectivity index (χ1) is 10.2. The number of benzene rings is 2. The summed E-state index contributed by atoms with van der Waals surface area (Å²) in [6.07, 6.45) is 1.83. The molecule has 2 aromatic carbocycles. The molecule has 0 unspecified atom stereocenters. The Hall–Kier alpha value is -2.13. The molecule has 0 fully saturated rings. The molecule has 0 aliphatic heterocycles. The maximum atomic E-state index is 11.3. The summed E-state index contributed by atoms with van der Waals surface area (Å²) in [7, 11) is 0. The molecule has 104 valence electrons. The molecule has 0 aliphatic carbocycles. The van der Waals surface area contributed by atoms with Crippen LogP contribution >= 0.6 is 11.8 Å². The van der Waals surface area contributed by atoms with Gasteiger partial charge in [0.15, 0.2) is 5.78 Å². The van der Waals surface area contributed by atoms with E-state index in [0.717, 1.165) is 21.7 Å². The van der Waals surface area contributed by atoms with Crippen LogP contribution in [0.15, 0.2) is 65.7 Å². The summed E-state index contributed by atoms with van der Waals surface area (Å²) in [4.78, 5) is 16.9. The lowest BCUT2D eigenvalue weighted by Gasteiger charge is -2.06. The van der Waals surface area contributed by atoms with Gasteiger partial charge in [-0.05, 0) is 30.7 Å². The fraction of sp³-hybridized carbons (Fsp3) is 0.111. The molecule has 0 saturated heterocycles. The van der Waals surface area contributed by atoms with Crippen molar-refractivity contribution in [3.8, 4) is 0 Å². The summed E-state index contributed by atoms with van der Waals surface area (Å²) < 4.78 is 0. The first-order valence-corrected chi connectivity index (χ1v) is 7.79. The van der Waals surface area contributed by atoms with E-state index in [1.54, 1.807) is 18.7 Å². The van der Waals surface area contributed by atoms with E-state index in [1.807, 2.05) is 36.5 Å². The molecule has 0 radical (unpaired) electrons. The predicted octanol–water partition coefficient (Wildman–Crippen LogP) is 4.73. The quantitative estimate of drug-likeness (QED) is 0.514. The molecule has 3 aromatic rings. The zero-order chi connectivity index (χ0) is 14.7. The Kier molecular flexibility index (Phi) is 4.02. The minimum atomic E-state index is 0.102. The van der Waals surface area contributed by atoms with Crippen molar-refractivity contribution in [1.29, 1.82) is 0 Å². The highest BCUT2D eigenvalue weighted by Gasteiger charge is 2.04. The van der Waals surface area contributed by atoms with Crippen molar-refractivity contribution in [3.63, 3.8) is 0 Å². The van der Waals surface area contributed by atoms with E-state index in [0.29, 0.717) is 0 Å². The van der Waals surface area contributed by atoms with Crippen molar-refractivity contribution in [2.75, 3.05) is 0 Å². The first kappa shape index (κ1) is 13.8. The van der Waals surface area contributed by atoms with Crippen LogP contribution in [0.2, 0.25) is 0 Å². The van der Waals surface area contributed by atoms with Gasteiger partial charge in [0.25, 0.3) is 0 Å². The van der Waals surface area contributed by atoms with Crippen molar-refractivity contribution in [1.82, 2.24) is 4.98 Å². The number of para-hydroxylation sites is 1. The standard InChI is InChI=1S/C18H15NOS/c1-13(20)14-7-9-17(10-8-14)21-12-16-5-2-4-15-6-3-11-19-18(15)16/h2-11H,12H2,1H3. The van der Waals surface area contributed by atoms with E-state index in [9.17, 15) is 4.79 Å². The van der Waals surface area contributed by atoms with Gasteiger partial charge < -0.3 is 0 Å². The molecule has 0 aliphatic rings. The minimum Gasteiger partial charge on any atom is -0.295 e. The van der Waals surface area contributed by atoms with Gasteiger partial charge in [0.1, 0.15) is 0 Å². The normalized spacial score (nSPS) is 10.7. The lowest BCUT2D eigenvalue weighted by atomic mass is 10.1. The van der Waals surface area contributed by atoms with Gasteiger partial charge in [0.05, 0.1) is 5.52 Å². The molecule has 1 aromatic heterocycles. The van der Waals surface area contributed by atoms with E-state index >= 15 is 0 Å². The molecule has 3 heteroatoms. The van der Waals surface area contributed by atoms with Crippen molar-refractivity contribution in [3.05, 3.63) is 71.9 Å². The number of carbonyl (C=O) groups excluding carboxylic acids is 1. The number of thioether (sulfide) groups is 1. The zero-order valence-electron chi connectivity index (χ0n) is 11.7. The summed E-state index contributed by atoms with van der Waals surface area (Å²) >= 11 is 1.76. The van der Waals surface area contributed by atoms with Crippen molar-refractivity contribution < 1.29 is 4.79 Å². The van der Waals surface area contributed by atoms with Crippen molar-refractivity contribution in [2.24, 2.45) is 0 Å². The van der Waals surface area contributed by atoms with Crippen LogP contribution in [0.25, 0.3) is 10.9 Å². The molecular weight excluding hydrogens is 278 g/mol. The summed E-state index contributed by atoms with van der Waals surface area (Å²) in [6.45, 7) is 1.59. The molecule has 21 heavy (non-hydrogen) atoms. The molecular formula is C18H15NOS. The van der Waals surface area contributed by atoms with Crippen molar-refractivity contribution >= 4 is 28.4 Å². The lowest BCUT2D eigenvalue weighted by Crippen LogP contribution is -1.91. The van der Waals surface area contributed by atoms with Crippen LogP contribution in [0.1, 0.15) is 22.8 Å². The second kappa shape index (κ2) is 6.10. The molecule has 1 heterocycles. The van der Waals surface area contributed by atoms with Crippen LogP contribution < -0.4 is 0 Å². The zero-order valence-corrected chi connectivity index (χ0v) is 12.6. The molecule has 0 saturated carbocycles. The summed E-state index contributed by atoms with van der Waals surface area (Å²) in [5.74, 6) is 0.970. The Morgan fingerprint density at radius 1 is 1.05 bits per heavy atom. The van der Waals surface area contributed by atoms with Crippen LogP contribution in [0.4, 0.5) is 0 Å². The average Bonchev–Trinajstić information content (AvgIpc) is 2.53. The van der Waals surface area contributed by atoms with Gasteiger partial charge in [0.2, 0.25) is 0 Å². The van der Waals surface area contributed by atoms with Crippen LogP contribution in [0.5, 0.6) is 0 Å². The number of rotatable bonds is 4. The smallest absolute Gasteiger partial charge is 0.159 e. The van der Waals surface area contributed by atoms with Gasteiger partial charge in [-0.25, -0.2) is 0 Å². The average molecular weight is 293 g/mol. The molecule has 0 spiro atoms. The number of hydrogen-bond donors (Lipinski definition) is 0. The number of ketones is 1. The Balaban J connectivity index is 1.79. The Morgan fingerprint density at radius 3 is 2.57 bits per heavy atom. The third-order valence-corrected chi connectivity index (χ3v) is 4.43. The number of Topliss-reactive ketones (excluding diaryl/α,β-unsaturated/α-hetero) is 1. The Bertz CT molecular complexity index is 775. The Morgan fingerprint density at radius 2 is 1.81 bits per heavy atom. The molecule has 0 bridgehead atoms. The highest BCUT2D eigenvalue weighted by Crippen LogP contribution is 2.26. The van der Waals surface area contributed by atoms with E-state index in [2.05, 4.69) is 29.2 Å². The van der Waals surface area contributed by atoms with E-state index < -0.39 is 0 Å². The Labute approximate surface area is 128 Å². The number of hydrogen-bond acceptors (Lipinski definition) is 3. The topological polar surface area (TPSA) is 30.0 Å². The highest BCUT2D eigenvalue weighted by molar-refractivity contribution is 7.98. The van der Waals surface area contributed by atoms with E-state index in [4.69, 9.17) is 0 Å². The summed E-state index contributed by atoms with van der Waals surface area (Å²) in [6, 6.07) is 18.1. The first-order valence-electron chi connectivity index (χ1n) is 6.80. The fourth-order valence-corrected chi connectivity index (χ4v) is 3.11. The number of carbonyl (C=O) groups is 1. The maximum absolute atomic E-state index is 11.3. The third-order valence-electron chi connectivity index (χ3n) is 3.37. The van der Waals surface area contributed by atoms with Gasteiger partial charge >= 0.3 is 0 Å². The monoisotopic (exact) mass is 293 g/mol. The lowest BCUT2D eigenvalue weighted by molar-refractivity contribution is 0.101. The number of nitrogens with zero attached hydrogens (tertiary/aromatic N) is 1. The molecule has 0 N–H and O–H groups in total. The minimum absolute atomic E-state index is 0.102. The second-order valence-electron chi connectivity index (χ2n) is 4.86.